The number of hydrogen-bond acceptors (Lipinski definition) is 3. The lowest BCUT2D eigenvalue weighted by Gasteiger charge is -2.23. The number of nitrogens with zero attached hydrogens (tertiary/aromatic N) is 4. The Kier molecular flexibility index (Phi) is 6.42. The van der Waals surface area contributed by atoms with E-state index >= 15 is 0 Å². The summed E-state index contributed by atoms with van der Waals surface area (Å²) in [4.78, 5) is 19.2. The van der Waals surface area contributed by atoms with E-state index in [-0.39, 0.29) is 6.03 Å². The molecule has 2 amide bonds. The predicted octanol–water partition coefficient (Wildman–Crippen LogP) is 4.48. The summed E-state index contributed by atoms with van der Waals surface area (Å²) in [5.74, 6) is 1.14. The Hall–Kier alpha value is -3.15. The van der Waals surface area contributed by atoms with Crippen molar-refractivity contribution < 1.29 is 4.79 Å². The lowest BCUT2D eigenvalue weighted by molar-refractivity contribution is 0.205. The highest BCUT2D eigenvalue weighted by Gasteiger charge is 2.17. The summed E-state index contributed by atoms with van der Waals surface area (Å²) < 4.78 is 1.83. The first-order chi connectivity index (χ1) is 13.5. The number of hydrogen-bond donors (Lipinski definition) is 1. The summed E-state index contributed by atoms with van der Waals surface area (Å²) in [5.41, 5.74) is 3.11. The molecule has 6 nitrogen and oxygen atoms in total. The van der Waals surface area contributed by atoms with Crippen LogP contribution in [0, 0.1) is 12.8 Å². The minimum atomic E-state index is -0.169. The molecule has 0 fully saturated rings. The summed E-state index contributed by atoms with van der Waals surface area (Å²) in [6.07, 6.45) is 3.46. The molecule has 0 unspecified atom stereocenters. The van der Waals surface area contributed by atoms with Gasteiger partial charge in [-0.15, -0.1) is 0 Å². The number of aromatic nitrogens is 3. The molecular formula is C22H27N5O. The molecule has 0 atom stereocenters. The Labute approximate surface area is 166 Å². The fourth-order valence-electron chi connectivity index (χ4n) is 3.04. The van der Waals surface area contributed by atoms with Crippen molar-refractivity contribution >= 4 is 11.8 Å². The van der Waals surface area contributed by atoms with Crippen LogP contribution in [0.2, 0.25) is 0 Å². The lowest BCUT2D eigenvalue weighted by atomic mass is 10.1. The molecule has 0 saturated heterocycles. The molecule has 0 aliphatic heterocycles. The van der Waals surface area contributed by atoms with Gasteiger partial charge in [0, 0.05) is 25.4 Å². The molecule has 0 bridgehead atoms. The number of benzene rings is 1. The molecule has 0 spiro atoms. The third-order valence-electron chi connectivity index (χ3n) is 4.31. The minimum absolute atomic E-state index is 0.169. The monoisotopic (exact) mass is 377 g/mol. The Morgan fingerprint density at radius 3 is 2.68 bits per heavy atom. The van der Waals surface area contributed by atoms with Crippen LogP contribution in [0.1, 0.15) is 30.7 Å². The maximum Gasteiger partial charge on any atom is 0.323 e. The van der Waals surface area contributed by atoms with Crippen LogP contribution in [0.25, 0.3) is 0 Å². The Bertz CT molecular complexity index is 904. The van der Waals surface area contributed by atoms with Gasteiger partial charge in [0.1, 0.15) is 5.82 Å². The summed E-state index contributed by atoms with van der Waals surface area (Å²) in [6.45, 7) is 7.98. The molecule has 3 rings (SSSR count). The molecule has 2 aromatic heterocycles. The Morgan fingerprint density at radius 1 is 1.11 bits per heavy atom. The molecule has 3 aromatic rings. The molecule has 0 aliphatic carbocycles. The summed E-state index contributed by atoms with van der Waals surface area (Å²) in [5, 5.41) is 7.33. The Morgan fingerprint density at radius 2 is 1.96 bits per heavy atom. The standard InChI is InChI=1S/C22H27N5O/c1-17(2)14-27-21(10-12-24-27)25-22(28)26(16-20-9-4-5-11-23-20)15-19-8-6-7-18(3)13-19/h4-13,17H,14-16H2,1-3H3,(H,25,28). The first-order valence-electron chi connectivity index (χ1n) is 9.54. The molecule has 0 radical (unpaired) electrons. The van der Waals surface area contributed by atoms with Crippen molar-refractivity contribution in [2.45, 2.75) is 40.4 Å². The van der Waals surface area contributed by atoms with E-state index in [9.17, 15) is 4.79 Å². The SMILES string of the molecule is Cc1cccc(CN(Cc2ccccn2)C(=O)Nc2ccnn2CC(C)C)c1. The molecule has 6 heteroatoms. The summed E-state index contributed by atoms with van der Waals surface area (Å²) in [6, 6.07) is 15.6. The van der Waals surface area contributed by atoms with Crippen molar-refractivity contribution in [3.05, 3.63) is 77.7 Å². The van der Waals surface area contributed by atoms with Crippen LogP contribution < -0.4 is 5.32 Å². The second kappa shape index (κ2) is 9.17. The smallest absolute Gasteiger partial charge is 0.314 e. The number of anilines is 1. The van der Waals surface area contributed by atoms with Gasteiger partial charge in [0.05, 0.1) is 18.4 Å². The fraction of sp³-hybridized carbons (Fsp3) is 0.318. The van der Waals surface area contributed by atoms with E-state index in [1.165, 1.54) is 5.56 Å². The van der Waals surface area contributed by atoms with Crippen molar-refractivity contribution in [2.75, 3.05) is 5.32 Å². The summed E-state index contributed by atoms with van der Waals surface area (Å²) >= 11 is 0. The van der Waals surface area contributed by atoms with Crippen LogP contribution in [0.3, 0.4) is 0 Å². The van der Waals surface area contributed by atoms with Crippen molar-refractivity contribution in [3.63, 3.8) is 0 Å². The van der Waals surface area contributed by atoms with Crippen LogP contribution in [-0.2, 0) is 19.6 Å². The van der Waals surface area contributed by atoms with Gasteiger partial charge in [-0.05, 0) is 30.5 Å². The highest BCUT2D eigenvalue weighted by atomic mass is 16.2. The van der Waals surface area contributed by atoms with E-state index in [1.54, 1.807) is 17.3 Å². The van der Waals surface area contributed by atoms with E-state index in [0.29, 0.717) is 24.8 Å². The van der Waals surface area contributed by atoms with E-state index in [0.717, 1.165) is 17.8 Å². The van der Waals surface area contributed by atoms with E-state index in [4.69, 9.17) is 0 Å². The lowest BCUT2D eigenvalue weighted by Crippen LogP contribution is -2.35. The van der Waals surface area contributed by atoms with Crippen LogP contribution in [0.15, 0.2) is 60.9 Å². The van der Waals surface area contributed by atoms with Gasteiger partial charge in [-0.1, -0.05) is 49.7 Å². The number of rotatable bonds is 7. The number of pyridine rings is 1. The Balaban J connectivity index is 1.79. The molecule has 1 N–H and O–H groups in total. The topological polar surface area (TPSA) is 63.1 Å². The summed E-state index contributed by atoms with van der Waals surface area (Å²) in [7, 11) is 0. The average molecular weight is 377 g/mol. The quantitative estimate of drug-likeness (QED) is 0.660. The largest absolute Gasteiger partial charge is 0.323 e. The normalized spacial score (nSPS) is 10.9. The fourth-order valence-corrected chi connectivity index (χ4v) is 3.04. The molecule has 0 aliphatic rings. The van der Waals surface area contributed by atoms with Crippen molar-refractivity contribution in [1.82, 2.24) is 19.7 Å². The van der Waals surface area contributed by atoms with Gasteiger partial charge < -0.3 is 4.90 Å². The highest BCUT2D eigenvalue weighted by Crippen LogP contribution is 2.15. The number of nitrogens with one attached hydrogen (secondary N) is 1. The maximum absolute atomic E-state index is 13.1. The molecular weight excluding hydrogens is 350 g/mol. The molecule has 0 saturated carbocycles. The highest BCUT2D eigenvalue weighted by molar-refractivity contribution is 5.88. The van der Waals surface area contributed by atoms with Crippen LogP contribution in [0.5, 0.6) is 0 Å². The van der Waals surface area contributed by atoms with Crippen LogP contribution in [-0.4, -0.2) is 25.7 Å². The van der Waals surface area contributed by atoms with Gasteiger partial charge in [-0.2, -0.15) is 5.10 Å². The predicted molar refractivity (Wildman–Crippen MR) is 111 cm³/mol. The third-order valence-corrected chi connectivity index (χ3v) is 4.31. The van der Waals surface area contributed by atoms with Gasteiger partial charge in [-0.3, -0.25) is 10.3 Å². The van der Waals surface area contributed by atoms with Crippen molar-refractivity contribution in [2.24, 2.45) is 5.92 Å². The number of urea groups is 1. The minimum Gasteiger partial charge on any atom is -0.314 e. The van der Waals surface area contributed by atoms with Gasteiger partial charge in [0.25, 0.3) is 0 Å². The maximum atomic E-state index is 13.1. The van der Waals surface area contributed by atoms with Gasteiger partial charge >= 0.3 is 6.03 Å². The van der Waals surface area contributed by atoms with E-state index < -0.39 is 0 Å². The first kappa shape index (κ1) is 19.6. The van der Waals surface area contributed by atoms with E-state index in [1.807, 2.05) is 41.1 Å². The molecule has 2 heterocycles. The zero-order valence-corrected chi connectivity index (χ0v) is 16.7. The van der Waals surface area contributed by atoms with Crippen molar-refractivity contribution in [3.8, 4) is 0 Å². The van der Waals surface area contributed by atoms with E-state index in [2.05, 4.69) is 48.3 Å². The number of amides is 2. The molecule has 1 aromatic carbocycles. The van der Waals surface area contributed by atoms with Crippen LogP contribution >= 0.6 is 0 Å². The second-order valence-electron chi connectivity index (χ2n) is 7.39. The second-order valence-corrected chi connectivity index (χ2v) is 7.39. The number of carbonyl (C=O) groups excluding carboxylic acids is 1. The van der Waals surface area contributed by atoms with Gasteiger partial charge in [0.15, 0.2) is 0 Å². The van der Waals surface area contributed by atoms with Crippen LogP contribution in [0.4, 0.5) is 10.6 Å². The van der Waals surface area contributed by atoms with Gasteiger partial charge in [0.2, 0.25) is 0 Å². The molecule has 146 valence electrons. The zero-order chi connectivity index (χ0) is 19.9. The number of aryl methyl sites for hydroxylation is 1. The zero-order valence-electron chi connectivity index (χ0n) is 16.7. The third kappa shape index (κ3) is 5.42. The van der Waals surface area contributed by atoms with Gasteiger partial charge in [-0.25, -0.2) is 9.48 Å². The number of carbonyl (C=O) groups is 1. The molecule has 28 heavy (non-hydrogen) atoms. The first-order valence-corrected chi connectivity index (χ1v) is 9.54. The van der Waals surface area contributed by atoms with Crippen molar-refractivity contribution in [1.29, 1.82) is 0 Å². The average Bonchev–Trinajstić information content (AvgIpc) is 3.08.